The number of hydrogen-bond acceptors (Lipinski definition) is 3. The van der Waals surface area contributed by atoms with Crippen LogP contribution in [-0.2, 0) is 4.79 Å². The third-order valence-corrected chi connectivity index (χ3v) is 6.11. The molecule has 0 aliphatic heterocycles. The molecule has 4 nitrogen and oxygen atoms in total. The van der Waals surface area contributed by atoms with Crippen molar-refractivity contribution in [1.29, 1.82) is 0 Å². The Morgan fingerprint density at radius 2 is 1.90 bits per heavy atom. The van der Waals surface area contributed by atoms with Crippen molar-refractivity contribution in [3.8, 4) is 0 Å². The summed E-state index contributed by atoms with van der Waals surface area (Å²) in [5.74, 6) is -1.43. The van der Waals surface area contributed by atoms with Crippen LogP contribution in [0.2, 0.25) is 0 Å². The van der Waals surface area contributed by atoms with Crippen LogP contribution in [0.15, 0.2) is 59.3 Å². The van der Waals surface area contributed by atoms with Gasteiger partial charge in [0.05, 0.1) is 10.9 Å². The Bertz CT molecular complexity index is 1310. The van der Waals surface area contributed by atoms with E-state index in [9.17, 15) is 9.18 Å². The van der Waals surface area contributed by atoms with Crippen molar-refractivity contribution >= 4 is 45.4 Å². The third-order valence-electron chi connectivity index (χ3n) is 5.25. The molecule has 0 saturated heterocycles. The Morgan fingerprint density at radius 3 is 2.55 bits per heavy atom. The average Bonchev–Trinajstić information content (AvgIpc) is 3.36. The van der Waals surface area contributed by atoms with E-state index in [4.69, 9.17) is 5.11 Å². The molecule has 0 spiro atoms. The SMILES string of the molecule is CC/C(=C(/c1ccc(/C=C/C(=O)O)cc1)c1ccc2n[nH]c(F)c2c1)c1cscc1C. The zero-order valence-electron chi connectivity index (χ0n) is 17.1. The number of H-pyrrole nitrogens is 1. The highest BCUT2D eigenvalue weighted by Gasteiger charge is 2.17. The van der Waals surface area contributed by atoms with Crippen LogP contribution in [-0.4, -0.2) is 21.3 Å². The number of benzene rings is 2. The minimum Gasteiger partial charge on any atom is -0.478 e. The van der Waals surface area contributed by atoms with E-state index < -0.39 is 11.9 Å². The van der Waals surface area contributed by atoms with Crippen molar-refractivity contribution in [3.05, 3.63) is 93.1 Å². The molecule has 0 radical (unpaired) electrons. The molecule has 0 bridgehead atoms. The molecule has 0 fully saturated rings. The van der Waals surface area contributed by atoms with Gasteiger partial charge in [-0.2, -0.15) is 20.8 Å². The maximum atomic E-state index is 14.2. The molecule has 4 rings (SSSR count). The zero-order valence-corrected chi connectivity index (χ0v) is 18.0. The molecule has 0 amide bonds. The molecule has 0 unspecified atom stereocenters. The first-order valence-corrected chi connectivity index (χ1v) is 10.8. The zero-order chi connectivity index (χ0) is 22.0. The lowest BCUT2D eigenvalue weighted by atomic mass is 9.87. The Balaban J connectivity index is 1.92. The van der Waals surface area contributed by atoms with E-state index in [1.165, 1.54) is 16.7 Å². The number of carboxylic acid groups (broad SMARTS) is 1. The predicted octanol–water partition coefficient (Wildman–Crippen LogP) is 6.54. The van der Waals surface area contributed by atoms with Gasteiger partial charge in [-0.25, -0.2) is 4.79 Å². The fraction of sp³-hybridized carbons (Fsp3) is 0.120. The van der Waals surface area contributed by atoms with E-state index in [1.807, 2.05) is 42.5 Å². The number of allylic oxidation sites excluding steroid dienone is 1. The summed E-state index contributed by atoms with van der Waals surface area (Å²) in [6, 6.07) is 13.3. The number of rotatable bonds is 6. The first kappa shape index (κ1) is 20.8. The van der Waals surface area contributed by atoms with Crippen molar-refractivity contribution in [2.24, 2.45) is 0 Å². The quantitative estimate of drug-likeness (QED) is 0.340. The molecule has 4 aromatic rings. The summed E-state index contributed by atoms with van der Waals surface area (Å²) < 4.78 is 14.2. The molecule has 0 atom stereocenters. The van der Waals surface area contributed by atoms with Crippen LogP contribution < -0.4 is 0 Å². The predicted molar refractivity (Wildman–Crippen MR) is 124 cm³/mol. The molecular formula is C25H21FN2O2S. The van der Waals surface area contributed by atoms with Crippen LogP contribution in [0, 0.1) is 12.9 Å². The number of fused-ring (bicyclic) bond motifs is 1. The molecule has 0 aliphatic rings. The maximum Gasteiger partial charge on any atom is 0.328 e. The van der Waals surface area contributed by atoms with Crippen LogP contribution in [0.1, 0.15) is 41.2 Å². The lowest BCUT2D eigenvalue weighted by Gasteiger charge is -2.16. The van der Waals surface area contributed by atoms with Crippen molar-refractivity contribution in [2.45, 2.75) is 20.3 Å². The fourth-order valence-corrected chi connectivity index (χ4v) is 4.61. The molecule has 2 N–H and O–H groups in total. The Hall–Kier alpha value is -3.51. The van der Waals surface area contributed by atoms with Crippen molar-refractivity contribution < 1.29 is 14.3 Å². The van der Waals surface area contributed by atoms with Gasteiger partial charge >= 0.3 is 5.97 Å². The normalized spacial score (nSPS) is 12.5. The van der Waals surface area contributed by atoms with E-state index in [0.29, 0.717) is 10.9 Å². The summed E-state index contributed by atoms with van der Waals surface area (Å²) >= 11 is 1.66. The monoisotopic (exact) mass is 432 g/mol. The Labute approximate surface area is 183 Å². The van der Waals surface area contributed by atoms with E-state index in [2.05, 4.69) is 34.8 Å². The van der Waals surface area contributed by atoms with Crippen molar-refractivity contribution in [2.75, 3.05) is 0 Å². The molecule has 31 heavy (non-hydrogen) atoms. The number of aryl methyl sites for hydroxylation is 1. The smallest absolute Gasteiger partial charge is 0.328 e. The number of aromatic nitrogens is 2. The summed E-state index contributed by atoms with van der Waals surface area (Å²) in [7, 11) is 0. The average molecular weight is 433 g/mol. The van der Waals surface area contributed by atoms with Gasteiger partial charge in [0, 0.05) is 6.08 Å². The number of hydrogen-bond donors (Lipinski definition) is 2. The summed E-state index contributed by atoms with van der Waals surface area (Å²) in [6.07, 6.45) is 3.49. The van der Waals surface area contributed by atoms with Gasteiger partial charge in [-0.15, -0.1) is 0 Å². The minimum absolute atomic E-state index is 0.449. The second kappa shape index (κ2) is 8.70. The van der Waals surface area contributed by atoms with E-state index in [1.54, 1.807) is 17.4 Å². The second-order valence-electron chi connectivity index (χ2n) is 7.24. The van der Waals surface area contributed by atoms with Gasteiger partial charge < -0.3 is 5.11 Å². The summed E-state index contributed by atoms with van der Waals surface area (Å²) in [4.78, 5) is 10.8. The van der Waals surface area contributed by atoms with Gasteiger partial charge in [-0.3, -0.25) is 5.10 Å². The highest BCUT2D eigenvalue weighted by Crippen LogP contribution is 2.37. The number of carbonyl (C=O) groups is 1. The minimum atomic E-state index is -0.985. The Kier molecular flexibility index (Phi) is 5.82. The van der Waals surface area contributed by atoms with E-state index in [-0.39, 0.29) is 0 Å². The number of nitrogens with zero attached hydrogens (tertiary/aromatic N) is 1. The van der Waals surface area contributed by atoms with E-state index in [0.717, 1.165) is 34.8 Å². The first-order chi connectivity index (χ1) is 15.0. The number of carboxylic acids is 1. The van der Waals surface area contributed by atoms with Gasteiger partial charge in [0.15, 0.2) is 0 Å². The second-order valence-corrected chi connectivity index (χ2v) is 7.98. The molecule has 2 heterocycles. The van der Waals surface area contributed by atoms with Crippen molar-refractivity contribution in [3.63, 3.8) is 0 Å². The first-order valence-electron chi connectivity index (χ1n) is 9.89. The van der Waals surface area contributed by atoms with Crippen LogP contribution >= 0.6 is 11.3 Å². The number of nitrogens with one attached hydrogen (secondary N) is 1. The fourth-order valence-electron chi connectivity index (χ4n) is 3.75. The van der Waals surface area contributed by atoms with E-state index >= 15 is 0 Å². The summed E-state index contributed by atoms with van der Waals surface area (Å²) in [5.41, 5.74) is 7.87. The van der Waals surface area contributed by atoms with Gasteiger partial charge in [-0.05, 0) is 81.3 Å². The standard InChI is InChI=1S/C25H21FN2O2S/c1-3-19(21-14-31-13-15(21)2)24(17-7-4-16(5-8-17)6-11-23(29)30)18-9-10-22-20(12-18)25(26)28-27-22/h4-14H,3H2,1-2H3,(H,27,28)(H,29,30)/b11-6+,24-19+. The van der Waals surface area contributed by atoms with Gasteiger partial charge in [0.2, 0.25) is 5.95 Å². The number of thiophene rings is 1. The molecule has 6 heteroatoms. The summed E-state index contributed by atoms with van der Waals surface area (Å²) in [6.45, 7) is 4.21. The topological polar surface area (TPSA) is 66.0 Å². The lowest BCUT2D eigenvalue weighted by Crippen LogP contribution is -1.96. The Morgan fingerprint density at radius 1 is 1.16 bits per heavy atom. The molecule has 156 valence electrons. The number of aliphatic carboxylic acids is 1. The van der Waals surface area contributed by atoms with Crippen LogP contribution in [0.4, 0.5) is 4.39 Å². The van der Waals surface area contributed by atoms with Gasteiger partial charge in [-0.1, -0.05) is 37.3 Å². The molecule has 0 saturated carbocycles. The maximum absolute atomic E-state index is 14.2. The van der Waals surface area contributed by atoms with Crippen LogP contribution in [0.3, 0.4) is 0 Å². The lowest BCUT2D eigenvalue weighted by molar-refractivity contribution is -0.131. The molecule has 2 aromatic carbocycles. The largest absolute Gasteiger partial charge is 0.478 e. The van der Waals surface area contributed by atoms with Crippen LogP contribution in [0.5, 0.6) is 0 Å². The molecule has 2 aromatic heterocycles. The molecular weight excluding hydrogens is 411 g/mol. The van der Waals surface area contributed by atoms with Crippen LogP contribution in [0.25, 0.3) is 28.1 Å². The number of halogens is 1. The number of aromatic amines is 1. The van der Waals surface area contributed by atoms with Gasteiger partial charge in [0.1, 0.15) is 0 Å². The van der Waals surface area contributed by atoms with Gasteiger partial charge in [0.25, 0.3) is 0 Å². The van der Waals surface area contributed by atoms with Crippen molar-refractivity contribution in [1.82, 2.24) is 10.2 Å². The summed E-state index contributed by atoms with van der Waals surface area (Å²) in [5, 5.41) is 20.0. The highest BCUT2D eigenvalue weighted by atomic mass is 32.1. The third kappa shape index (κ3) is 4.20. The molecule has 0 aliphatic carbocycles. The highest BCUT2D eigenvalue weighted by molar-refractivity contribution is 7.08.